The van der Waals surface area contributed by atoms with E-state index in [1.807, 2.05) is 0 Å². The largest absolute Gasteiger partial charge is 0.352 e. The predicted octanol–water partition coefficient (Wildman–Crippen LogP) is 3.40. The van der Waals surface area contributed by atoms with Crippen LogP contribution in [0.3, 0.4) is 0 Å². The molecule has 3 rings (SSSR count). The van der Waals surface area contributed by atoms with Crippen molar-refractivity contribution in [2.24, 2.45) is 5.92 Å². The van der Waals surface area contributed by atoms with Crippen molar-refractivity contribution in [3.05, 3.63) is 17.3 Å². The molecule has 2 aromatic rings. The molecule has 1 aliphatic carbocycles. The van der Waals surface area contributed by atoms with Crippen molar-refractivity contribution < 1.29 is 4.79 Å². The van der Waals surface area contributed by atoms with Gasteiger partial charge in [0.2, 0.25) is 5.91 Å². The van der Waals surface area contributed by atoms with Gasteiger partial charge in [0, 0.05) is 12.2 Å². The van der Waals surface area contributed by atoms with E-state index in [4.69, 9.17) is 11.6 Å². The standard InChI is InChI=1S/C15H19ClN4OS/c1-9-4-2-3-5-11(9)18-13(21)8-22-15-19-12-6-10(16)7-17-14(12)20-15/h6-7,9,11H,2-5,8H2,1H3,(H,18,21)(H,17,19,20)/t9-,11-/m0/s1. The Morgan fingerprint density at radius 2 is 2.32 bits per heavy atom. The summed E-state index contributed by atoms with van der Waals surface area (Å²) in [7, 11) is 0. The summed E-state index contributed by atoms with van der Waals surface area (Å²) in [5, 5.41) is 4.40. The molecule has 0 aliphatic heterocycles. The molecular weight excluding hydrogens is 320 g/mol. The van der Waals surface area contributed by atoms with Gasteiger partial charge in [-0.05, 0) is 24.8 Å². The van der Waals surface area contributed by atoms with Gasteiger partial charge in [-0.3, -0.25) is 4.79 Å². The van der Waals surface area contributed by atoms with E-state index in [0.717, 1.165) is 11.9 Å². The Morgan fingerprint density at radius 1 is 1.50 bits per heavy atom. The summed E-state index contributed by atoms with van der Waals surface area (Å²) < 4.78 is 0. The van der Waals surface area contributed by atoms with Crippen LogP contribution in [0, 0.1) is 5.92 Å². The number of aromatic nitrogens is 3. The zero-order valence-corrected chi connectivity index (χ0v) is 14.0. The van der Waals surface area contributed by atoms with Crippen molar-refractivity contribution in [2.75, 3.05) is 5.75 Å². The van der Waals surface area contributed by atoms with Crippen LogP contribution in [-0.2, 0) is 4.79 Å². The zero-order valence-electron chi connectivity index (χ0n) is 12.4. The minimum Gasteiger partial charge on any atom is -0.352 e. The maximum absolute atomic E-state index is 12.1. The Morgan fingerprint density at radius 3 is 3.14 bits per heavy atom. The predicted molar refractivity (Wildman–Crippen MR) is 89.2 cm³/mol. The van der Waals surface area contributed by atoms with Crippen LogP contribution in [0.5, 0.6) is 0 Å². The van der Waals surface area contributed by atoms with Crippen LogP contribution in [0.1, 0.15) is 32.6 Å². The van der Waals surface area contributed by atoms with Crippen LogP contribution in [0.25, 0.3) is 11.2 Å². The fraction of sp³-hybridized carbons (Fsp3) is 0.533. The summed E-state index contributed by atoms with van der Waals surface area (Å²) in [4.78, 5) is 23.7. The lowest BCUT2D eigenvalue weighted by atomic mass is 9.86. The summed E-state index contributed by atoms with van der Waals surface area (Å²) >= 11 is 7.28. The summed E-state index contributed by atoms with van der Waals surface area (Å²) in [6, 6.07) is 2.10. The van der Waals surface area contributed by atoms with E-state index in [1.165, 1.54) is 31.0 Å². The molecule has 2 heterocycles. The first-order valence-corrected chi connectivity index (χ1v) is 8.91. The normalized spacial score (nSPS) is 21.9. The molecule has 0 saturated heterocycles. The molecule has 0 spiro atoms. The quantitative estimate of drug-likeness (QED) is 0.838. The molecule has 1 amide bonds. The van der Waals surface area contributed by atoms with E-state index < -0.39 is 0 Å². The Bertz CT molecular complexity index is 675. The van der Waals surface area contributed by atoms with E-state index in [0.29, 0.717) is 33.5 Å². The lowest BCUT2D eigenvalue weighted by Gasteiger charge is -2.29. The first kappa shape index (κ1) is 15.6. The van der Waals surface area contributed by atoms with Gasteiger partial charge in [0.15, 0.2) is 10.8 Å². The molecule has 1 aliphatic rings. The van der Waals surface area contributed by atoms with Crippen LogP contribution in [0.4, 0.5) is 0 Å². The highest BCUT2D eigenvalue weighted by atomic mass is 35.5. The van der Waals surface area contributed by atoms with Crippen molar-refractivity contribution >= 4 is 40.4 Å². The number of amides is 1. The maximum Gasteiger partial charge on any atom is 0.230 e. The minimum absolute atomic E-state index is 0.0650. The van der Waals surface area contributed by atoms with E-state index >= 15 is 0 Å². The van der Waals surface area contributed by atoms with Crippen LogP contribution >= 0.6 is 23.4 Å². The minimum atomic E-state index is 0.0650. The van der Waals surface area contributed by atoms with Gasteiger partial charge in [-0.1, -0.05) is 43.1 Å². The molecule has 1 saturated carbocycles. The second-order valence-corrected chi connectivity index (χ2v) is 7.19. The third-order valence-electron chi connectivity index (χ3n) is 4.08. The number of rotatable bonds is 4. The number of aromatic amines is 1. The summed E-state index contributed by atoms with van der Waals surface area (Å²) in [6.45, 7) is 2.21. The van der Waals surface area contributed by atoms with Gasteiger partial charge in [-0.15, -0.1) is 0 Å². The number of carbonyl (C=O) groups excluding carboxylic acids is 1. The topological polar surface area (TPSA) is 70.7 Å². The smallest absolute Gasteiger partial charge is 0.230 e. The third kappa shape index (κ3) is 3.73. The van der Waals surface area contributed by atoms with Crippen molar-refractivity contribution in [1.29, 1.82) is 0 Å². The molecule has 1 fully saturated rings. The highest BCUT2D eigenvalue weighted by Crippen LogP contribution is 2.24. The first-order valence-electron chi connectivity index (χ1n) is 7.55. The molecule has 118 valence electrons. The average Bonchev–Trinajstić information content (AvgIpc) is 2.89. The number of hydrogen-bond acceptors (Lipinski definition) is 4. The van der Waals surface area contributed by atoms with Gasteiger partial charge in [0.25, 0.3) is 0 Å². The summed E-state index contributed by atoms with van der Waals surface area (Å²) in [5.41, 5.74) is 1.41. The van der Waals surface area contributed by atoms with Gasteiger partial charge in [-0.25, -0.2) is 9.97 Å². The van der Waals surface area contributed by atoms with Gasteiger partial charge < -0.3 is 10.3 Å². The maximum atomic E-state index is 12.1. The fourth-order valence-corrected chi connectivity index (χ4v) is 3.68. The second kappa shape index (κ2) is 6.87. The number of thioether (sulfide) groups is 1. The molecule has 2 atom stereocenters. The van der Waals surface area contributed by atoms with Crippen LogP contribution in [0.2, 0.25) is 5.02 Å². The van der Waals surface area contributed by atoms with Gasteiger partial charge in [0.1, 0.15) is 0 Å². The van der Waals surface area contributed by atoms with Crippen molar-refractivity contribution in [2.45, 2.75) is 43.8 Å². The first-order chi connectivity index (χ1) is 10.6. The fourth-order valence-electron chi connectivity index (χ4n) is 2.83. The number of halogens is 1. The molecule has 2 N–H and O–H groups in total. The molecule has 0 bridgehead atoms. The molecular formula is C15H19ClN4OS. The second-order valence-electron chi connectivity index (χ2n) is 5.79. The Balaban J connectivity index is 1.55. The van der Waals surface area contributed by atoms with Gasteiger partial charge in [-0.2, -0.15) is 0 Å². The highest BCUT2D eigenvalue weighted by molar-refractivity contribution is 7.99. The third-order valence-corrected chi connectivity index (χ3v) is 5.16. The number of nitrogens with one attached hydrogen (secondary N) is 2. The highest BCUT2D eigenvalue weighted by Gasteiger charge is 2.22. The Hall–Kier alpha value is -1.27. The zero-order chi connectivity index (χ0) is 15.5. The lowest BCUT2D eigenvalue weighted by Crippen LogP contribution is -2.41. The monoisotopic (exact) mass is 338 g/mol. The number of H-pyrrole nitrogens is 1. The number of hydrogen-bond donors (Lipinski definition) is 2. The summed E-state index contributed by atoms with van der Waals surface area (Å²) in [5.74, 6) is 0.993. The number of fused-ring (bicyclic) bond motifs is 1. The molecule has 7 heteroatoms. The average molecular weight is 339 g/mol. The number of pyridine rings is 1. The van der Waals surface area contributed by atoms with E-state index in [-0.39, 0.29) is 5.91 Å². The Kier molecular flexibility index (Phi) is 4.88. The van der Waals surface area contributed by atoms with Crippen molar-refractivity contribution in [3.8, 4) is 0 Å². The van der Waals surface area contributed by atoms with E-state index in [2.05, 4.69) is 27.2 Å². The van der Waals surface area contributed by atoms with Crippen molar-refractivity contribution in [1.82, 2.24) is 20.3 Å². The number of nitrogens with zero attached hydrogens (tertiary/aromatic N) is 2. The number of carbonyl (C=O) groups is 1. The molecule has 2 aromatic heterocycles. The van der Waals surface area contributed by atoms with E-state index in [9.17, 15) is 4.79 Å². The van der Waals surface area contributed by atoms with Crippen molar-refractivity contribution in [3.63, 3.8) is 0 Å². The number of imidazole rings is 1. The molecule has 0 radical (unpaired) electrons. The van der Waals surface area contributed by atoms with Crippen LogP contribution in [-0.4, -0.2) is 32.7 Å². The van der Waals surface area contributed by atoms with E-state index in [1.54, 1.807) is 12.3 Å². The van der Waals surface area contributed by atoms with Gasteiger partial charge >= 0.3 is 0 Å². The molecule has 0 unspecified atom stereocenters. The molecule has 5 nitrogen and oxygen atoms in total. The SMILES string of the molecule is C[C@H]1CCCC[C@@H]1NC(=O)CSc1nc2ncc(Cl)cc2[nH]1. The molecule has 22 heavy (non-hydrogen) atoms. The Labute approximate surface area is 138 Å². The van der Waals surface area contributed by atoms with Crippen LogP contribution < -0.4 is 5.32 Å². The summed E-state index contributed by atoms with van der Waals surface area (Å²) in [6.07, 6.45) is 6.34. The lowest BCUT2D eigenvalue weighted by molar-refractivity contribution is -0.119. The van der Waals surface area contributed by atoms with Gasteiger partial charge in [0.05, 0.1) is 16.3 Å². The van der Waals surface area contributed by atoms with Crippen LogP contribution in [0.15, 0.2) is 17.4 Å². The molecule has 0 aromatic carbocycles.